The van der Waals surface area contributed by atoms with Crippen LogP contribution < -0.4 is 10.6 Å². The van der Waals surface area contributed by atoms with E-state index in [1.54, 1.807) is 6.92 Å². The molecule has 1 rings (SSSR count). The van der Waals surface area contributed by atoms with E-state index < -0.39 is 24.7 Å². The van der Waals surface area contributed by atoms with Crippen molar-refractivity contribution in [3.63, 3.8) is 0 Å². The Morgan fingerprint density at radius 3 is 2.38 bits per heavy atom. The highest BCUT2D eigenvalue weighted by molar-refractivity contribution is 5.97. The van der Waals surface area contributed by atoms with Crippen LogP contribution in [0, 0.1) is 0 Å². The number of carbonyl (C=O) groups is 2. The molecule has 0 saturated carbocycles. The van der Waals surface area contributed by atoms with Crippen molar-refractivity contribution < 1.29 is 27.5 Å². The first kappa shape index (κ1) is 20.0. The van der Waals surface area contributed by atoms with Crippen LogP contribution in [-0.2, 0) is 16.1 Å². The van der Waals surface area contributed by atoms with Crippen LogP contribution in [0.3, 0.4) is 0 Å². The molecule has 0 aromatic heterocycles. The highest BCUT2D eigenvalue weighted by Crippen LogP contribution is 2.15. The number of nitrogens with one attached hydrogen (secondary N) is 2. The summed E-state index contributed by atoms with van der Waals surface area (Å²) in [5.74, 6) is -0.709. The molecule has 0 aliphatic rings. The first-order valence-corrected chi connectivity index (χ1v) is 7.55. The molecule has 0 bridgehead atoms. The molecule has 1 unspecified atom stereocenters. The van der Waals surface area contributed by atoms with Crippen molar-refractivity contribution in [1.29, 1.82) is 0 Å². The van der Waals surface area contributed by atoms with Gasteiger partial charge in [0.1, 0.15) is 12.6 Å². The van der Waals surface area contributed by atoms with Crippen LogP contribution in [0.15, 0.2) is 24.3 Å². The van der Waals surface area contributed by atoms with E-state index in [4.69, 9.17) is 0 Å². The quantitative estimate of drug-likeness (QED) is 0.760. The van der Waals surface area contributed by atoms with E-state index in [-0.39, 0.29) is 12.5 Å². The maximum Gasteiger partial charge on any atom is 0.411 e. The maximum atomic E-state index is 12.0. The highest BCUT2D eigenvalue weighted by atomic mass is 19.4. The van der Waals surface area contributed by atoms with Crippen LogP contribution >= 0.6 is 0 Å². The van der Waals surface area contributed by atoms with Gasteiger partial charge >= 0.3 is 6.18 Å². The molecule has 0 heterocycles. The molecule has 2 N–H and O–H groups in total. The molecular weight excluding hydrogens is 325 g/mol. The second kappa shape index (κ2) is 9.27. The standard InChI is InChI=1S/C16H21F3N2O3/c1-3-8-20-14(22)11(2)21-15(23)13-6-4-12(5-7-13)9-24-10-16(17,18)19/h4-7,11H,3,8-10H2,1-2H3,(H,20,22)(H,21,23). The lowest BCUT2D eigenvalue weighted by molar-refractivity contribution is -0.176. The fourth-order valence-corrected chi connectivity index (χ4v) is 1.78. The lowest BCUT2D eigenvalue weighted by atomic mass is 10.1. The van der Waals surface area contributed by atoms with Crippen LogP contribution in [0.1, 0.15) is 36.2 Å². The van der Waals surface area contributed by atoms with E-state index in [0.29, 0.717) is 17.7 Å². The minimum Gasteiger partial charge on any atom is -0.367 e. The van der Waals surface area contributed by atoms with Crippen LogP contribution in [0.2, 0.25) is 0 Å². The van der Waals surface area contributed by atoms with Crippen LogP contribution in [-0.4, -0.2) is 37.2 Å². The maximum absolute atomic E-state index is 12.0. The van der Waals surface area contributed by atoms with Gasteiger partial charge in [-0.25, -0.2) is 0 Å². The van der Waals surface area contributed by atoms with Crippen LogP contribution in [0.5, 0.6) is 0 Å². The zero-order valence-corrected chi connectivity index (χ0v) is 13.6. The summed E-state index contributed by atoms with van der Waals surface area (Å²) >= 11 is 0. The SMILES string of the molecule is CCCNC(=O)C(C)NC(=O)c1ccc(COCC(F)(F)F)cc1. The van der Waals surface area contributed by atoms with E-state index in [9.17, 15) is 22.8 Å². The van der Waals surface area contributed by atoms with E-state index in [2.05, 4.69) is 15.4 Å². The minimum atomic E-state index is -4.37. The Balaban J connectivity index is 2.50. The molecule has 24 heavy (non-hydrogen) atoms. The van der Waals surface area contributed by atoms with Crippen molar-refractivity contribution >= 4 is 11.8 Å². The van der Waals surface area contributed by atoms with Crippen molar-refractivity contribution in [2.75, 3.05) is 13.2 Å². The summed E-state index contributed by atoms with van der Waals surface area (Å²) < 4.78 is 40.5. The molecule has 5 nitrogen and oxygen atoms in total. The van der Waals surface area contributed by atoms with Gasteiger partial charge in [-0.15, -0.1) is 0 Å². The normalized spacial score (nSPS) is 12.5. The van der Waals surface area contributed by atoms with Gasteiger partial charge in [0.05, 0.1) is 6.61 Å². The third-order valence-corrected chi connectivity index (χ3v) is 3.04. The van der Waals surface area contributed by atoms with Gasteiger partial charge in [-0.1, -0.05) is 19.1 Å². The zero-order valence-electron chi connectivity index (χ0n) is 13.6. The number of carbonyl (C=O) groups excluding carboxylic acids is 2. The number of halogens is 3. The largest absolute Gasteiger partial charge is 0.411 e. The van der Waals surface area contributed by atoms with E-state index in [0.717, 1.165) is 6.42 Å². The molecule has 2 amide bonds. The molecule has 0 fully saturated rings. The summed E-state index contributed by atoms with van der Waals surface area (Å²) in [6, 6.07) is 5.27. The fourth-order valence-electron chi connectivity index (χ4n) is 1.78. The summed E-state index contributed by atoms with van der Waals surface area (Å²) in [6.45, 7) is 2.51. The van der Waals surface area contributed by atoms with Gasteiger partial charge < -0.3 is 15.4 Å². The fraction of sp³-hybridized carbons (Fsp3) is 0.500. The van der Waals surface area contributed by atoms with E-state index in [1.165, 1.54) is 24.3 Å². The van der Waals surface area contributed by atoms with Crippen molar-refractivity contribution in [2.45, 2.75) is 39.1 Å². The van der Waals surface area contributed by atoms with Gasteiger partial charge in [0.2, 0.25) is 5.91 Å². The van der Waals surface area contributed by atoms with Gasteiger partial charge in [0, 0.05) is 12.1 Å². The van der Waals surface area contributed by atoms with Crippen molar-refractivity contribution in [1.82, 2.24) is 10.6 Å². The minimum absolute atomic E-state index is 0.197. The molecule has 0 radical (unpaired) electrons. The Morgan fingerprint density at radius 1 is 1.21 bits per heavy atom. The van der Waals surface area contributed by atoms with Crippen LogP contribution in [0.4, 0.5) is 13.2 Å². The second-order valence-electron chi connectivity index (χ2n) is 5.29. The predicted molar refractivity (Wildman–Crippen MR) is 82.4 cm³/mol. The highest BCUT2D eigenvalue weighted by Gasteiger charge is 2.27. The Labute approximate surface area is 138 Å². The van der Waals surface area contributed by atoms with Gasteiger partial charge in [-0.3, -0.25) is 9.59 Å². The number of amides is 2. The number of alkyl halides is 3. The van der Waals surface area contributed by atoms with E-state index in [1.807, 2.05) is 6.92 Å². The molecule has 8 heteroatoms. The molecule has 0 spiro atoms. The number of ether oxygens (including phenoxy) is 1. The third kappa shape index (κ3) is 7.45. The monoisotopic (exact) mass is 346 g/mol. The smallest absolute Gasteiger partial charge is 0.367 e. The second-order valence-corrected chi connectivity index (χ2v) is 5.29. The van der Waals surface area contributed by atoms with Gasteiger partial charge in [-0.2, -0.15) is 13.2 Å². The summed E-state index contributed by atoms with van der Waals surface area (Å²) in [5, 5.41) is 5.23. The van der Waals surface area contributed by atoms with Crippen molar-refractivity contribution in [3.05, 3.63) is 35.4 Å². The molecule has 1 atom stereocenters. The average molecular weight is 346 g/mol. The molecule has 0 aliphatic heterocycles. The number of hydrogen-bond donors (Lipinski definition) is 2. The van der Waals surface area contributed by atoms with Gasteiger partial charge in [-0.05, 0) is 31.0 Å². The predicted octanol–water partition coefficient (Wildman–Crippen LogP) is 2.41. The average Bonchev–Trinajstić information content (AvgIpc) is 2.51. The van der Waals surface area contributed by atoms with Crippen molar-refractivity contribution in [2.24, 2.45) is 0 Å². The van der Waals surface area contributed by atoms with Gasteiger partial charge in [0.15, 0.2) is 0 Å². The summed E-state index contributed by atoms with van der Waals surface area (Å²) in [6.07, 6.45) is -3.57. The molecule has 1 aromatic carbocycles. The number of benzene rings is 1. The van der Waals surface area contributed by atoms with Crippen molar-refractivity contribution in [3.8, 4) is 0 Å². The Kier molecular flexibility index (Phi) is 7.70. The number of hydrogen-bond acceptors (Lipinski definition) is 3. The van der Waals surface area contributed by atoms with E-state index >= 15 is 0 Å². The Morgan fingerprint density at radius 2 is 1.83 bits per heavy atom. The summed E-state index contributed by atoms with van der Waals surface area (Å²) in [7, 11) is 0. The Hall–Kier alpha value is -2.09. The molecular formula is C16H21F3N2O3. The van der Waals surface area contributed by atoms with Gasteiger partial charge in [0.25, 0.3) is 5.91 Å². The lowest BCUT2D eigenvalue weighted by Crippen LogP contribution is -2.45. The molecule has 1 aromatic rings. The summed E-state index contributed by atoms with van der Waals surface area (Å²) in [4.78, 5) is 23.7. The van der Waals surface area contributed by atoms with Crippen LogP contribution in [0.25, 0.3) is 0 Å². The third-order valence-electron chi connectivity index (χ3n) is 3.04. The summed E-state index contributed by atoms with van der Waals surface area (Å²) in [5.41, 5.74) is 0.828. The first-order valence-electron chi connectivity index (χ1n) is 7.55. The molecule has 134 valence electrons. The molecule has 0 aliphatic carbocycles. The number of rotatable bonds is 8. The zero-order chi connectivity index (χ0) is 18.2. The molecule has 0 saturated heterocycles. The Bertz CT molecular complexity index is 544. The lowest BCUT2D eigenvalue weighted by Gasteiger charge is -2.14. The topological polar surface area (TPSA) is 67.4 Å². The first-order chi connectivity index (χ1) is 11.2.